The predicted octanol–water partition coefficient (Wildman–Crippen LogP) is 4.18. The van der Waals surface area contributed by atoms with E-state index >= 15 is 0 Å². The zero-order valence-corrected chi connectivity index (χ0v) is 18.7. The van der Waals surface area contributed by atoms with Gasteiger partial charge < -0.3 is 15.4 Å². The second kappa shape index (κ2) is 13.4. The molecule has 1 aromatic heterocycles. The van der Waals surface area contributed by atoms with Crippen LogP contribution in [0.5, 0.6) is 0 Å². The highest BCUT2D eigenvalue weighted by Gasteiger charge is 2.28. The fourth-order valence-electron chi connectivity index (χ4n) is 3.88. The van der Waals surface area contributed by atoms with Gasteiger partial charge in [0.05, 0.1) is 11.9 Å². The third-order valence-electron chi connectivity index (χ3n) is 5.75. The molecule has 3 rings (SSSR count). The van der Waals surface area contributed by atoms with Crippen LogP contribution in [0.15, 0.2) is 34.6 Å². The first-order chi connectivity index (χ1) is 15.1. The first-order valence-corrected chi connectivity index (χ1v) is 11.0. The number of H-pyrrole nitrogens is 1. The van der Waals surface area contributed by atoms with Gasteiger partial charge in [-0.1, -0.05) is 25.0 Å². The van der Waals surface area contributed by atoms with Crippen molar-refractivity contribution in [1.29, 1.82) is 5.26 Å². The highest BCUT2D eigenvalue weighted by atomic mass is 16.5. The molecule has 0 spiro atoms. The number of carbonyl (C=O) groups excluding carboxylic acids is 1. The molecule has 2 atom stereocenters. The van der Waals surface area contributed by atoms with Crippen molar-refractivity contribution in [3.63, 3.8) is 0 Å². The Balaban J connectivity index is 0.000000412. The van der Waals surface area contributed by atoms with E-state index in [0.29, 0.717) is 23.9 Å². The largest absolute Gasteiger partial charge is 0.465 e. The highest BCUT2D eigenvalue weighted by Crippen LogP contribution is 2.35. The van der Waals surface area contributed by atoms with Gasteiger partial charge in [-0.15, -0.1) is 0 Å². The molecule has 0 bridgehead atoms. The summed E-state index contributed by atoms with van der Waals surface area (Å²) in [5, 5.41) is 22.6. The van der Waals surface area contributed by atoms with Crippen LogP contribution < -0.4 is 10.6 Å². The van der Waals surface area contributed by atoms with Crippen molar-refractivity contribution in [3.8, 4) is 6.07 Å². The van der Waals surface area contributed by atoms with Crippen molar-refractivity contribution in [1.82, 2.24) is 15.5 Å². The lowest BCUT2D eigenvalue weighted by Gasteiger charge is -2.07. The highest BCUT2D eigenvalue weighted by molar-refractivity contribution is 5.83. The lowest BCUT2D eigenvalue weighted by Crippen LogP contribution is -2.20. The molecule has 0 amide bonds. The summed E-state index contributed by atoms with van der Waals surface area (Å²) in [7, 11) is 2.05. The Labute approximate surface area is 184 Å². The number of allylic oxidation sites excluding steroid dienone is 4. The Morgan fingerprint density at radius 1 is 1.29 bits per heavy atom. The SMILES string of the molecule is CC=C(C=N/C(C#N)=C\C)Nc1cc(C2CCC(OC=O)C2)[nH]n1.CNC1CCCC1. The van der Waals surface area contributed by atoms with Crippen LogP contribution in [0.3, 0.4) is 0 Å². The molecule has 2 aliphatic rings. The second-order valence-electron chi connectivity index (χ2n) is 7.76. The Bertz CT molecular complexity index is 814. The molecule has 0 aliphatic heterocycles. The predicted molar refractivity (Wildman–Crippen MR) is 123 cm³/mol. The van der Waals surface area contributed by atoms with Crippen LogP contribution in [0.2, 0.25) is 0 Å². The topological polar surface area (TPSA) is 115 Å². The van der Waals surface area contributed by atoms with E-state index in [4.69, 9.17) is 10.00 Å². The van der Waals surface area contributed by atoms with Gasteiger partial charge in [0.2, 0.25) is 0 Å². The molecule has 168 valence electrons. The Morgan fingerprint density at radius 2 is 2.06 bits per heavy atom. The van der Waals surface area contributed by atoms with E-state index in [-0.39, 0.29) is 6.10 Å². The second-order valence-corrected chi connectivity index (χ2v) is 7.76. The minimum atomic E-state index is -0.00400. The summed E-state index contributed by atoms with van der Waals surface area (Å²) in [5.41, 5.74) is 2.12. The molecule has 2 fully saturated rings. The van der Waals surface area contributed by atoms with Gasteiger partial charge in [-0.3, -0.25) is 9.89 Å². The molecule has 8 nitrogen and oxygen atoms in total. The van der Waals surface area contributed by atoms with E-state index in [1.54, 1.807) is 19.2 Å². The quantitative estimate of drug-likeness (QED) is 0.326. The van der Waals surface area contributed by atoms with Gasteiger partial charge in [0, 0.05) is 23.7 Å². The molecule has 3 N–H and O–H groups in total. The number of hydrogen-bond donors (Lipinski definition) is 3. The van der Waals surface area contributed by atoms with Crippen molar-refractivity contribution in [2.75, 3.05) is 12.4 Å². The first kappa shape index (κ1) is 24.4. The number of aromatic amines is 1. The molecule has 2 saturated carbocycles. The number of nitriles is 1. The summed E-state index contributed by atoms with van der Waals surface area (Å²) in [5.74, 6) is 0.997. The smallest absolute Gasteiger partial charge is 0.293 e. The summed E-state index contributed by atoms with van der Waals surface area (Å²) >= 11 is 0. The van der Waals surface area contributed by atoms with Gasteiger partial charge in [0.25, 0.3) is 6.47 Å². The third kappa shape index (κ3) is 8.02. The molecule has 31 heavy (non-hydrogen) atoms. The summed E-state index contributed by atoms with van der Waals surface area (Å²) < 4.78 is 5.03. The average Bonchev–Trinajstić information content (AvgIpc) is 3.56. The number of nitrogens with zero attached hydrogens (tertiary/aromatic N) is 3. The molecule has 2 unspecified atom stereocenters. The number of nitrogens with one attached hydrogen (secondary N) is 3. The Hall–Kier alpha value is -2.92. The molecule has 0 aromatic carbocycles. The van der Waals surface area contributed by atoms with Crippen LogP contribution in [0, 0.1) is 11.3 Å². The van der Waals surface area contributed by atoms with Crippen LogP contribution in [0.25, 0.3) is 0 Å². The minimum absolute atomic E-state index is 0.00400. The van der Waals surface area contributed by atoms with E-state index in [9.17, 15) is 4.79 Å². The standard InChI is InChI=1S/C17H21N5O2.C6H13N/c1-3-13(9-18)19-10-14(4-2)20-17-8-16(21-22-17)12-5-6-15(7-12)24-11-23;1-7-6-4-2-3-5-6/h3-4,8,10-12,15H,5-7H2,1-2H3,(H2,20,21,22);6-7H,2-5H2,1H3/b13-3-,14-4?,19-10?;. The van der Waals surface area contributed by atoms with Gasteiger partial charge in [-0.05, 0) is 53.0 Å². The van der Waals surface area contributed by atoms with Crippen molar-refractivity contribution < 1.29 is 9.53 Å². The van der Waals surface area contributed by atoms with E-state index < -0.39 is 0 Å². The summed E-state index contributed by atoms with van der Waals surface area (Å²) in [6.45, 7) is 4.16. The van der Waals surface area contributed by atoms with Crippen LogP contribution in [0.4, 0.5) is 5.82 Å². The molecule has 8 heteroatoms. The number of carbonyl (C=O) groups is 1. The zero-order valence-electron chi connectivity index (χ0n) is 18.7. The number of aliphatic imine (C=N–C) groups is 1. The molecule has 2 aliphatic carbocycles. The fourth-order valence-corrected chi connectivity index (χ4v) is 3.88. The van der Waals surface area contributed by atoms with Gasteiger partial charge in [0.15, 0.2) is 5.82 Å². The van der Waals surface area contributed by atoms with Crippen molar-refractivity contribution in [2.45, 2.75) is 76.9 Å². The first-order valence-electron chi connectivity index (χ1n) is 11.0. The summed E-state index contributed by atoms with van der Waals surface area (Å²) in [4.78, 5) is 14.5. The molecule has 1 aromatic rings. The molecule has 0 radical (unpaired) electrons. The zero-order chi connectivity index (χ0) is 22.5. The van der Waals surface area contributed by atoms with Crippen LogP contribution in [-0.4, -0.2) is 42.1 Å². The third-order valence-corrected chi connectivity index (χ3v) is 5.75. The van der Waals surface area contributed by atoms with E-state index in [2.05, 4.69) is 32.9 Å². The lowest BCUT2D eigenvalue weighted by molar-refractivity contribution is -0.133. The summed E-state index contributed by atoms with van der Waals surface area (Å²) in [6, 6.07) is 4.80. The Kier molecular flexibility index (Phi) is 10.5. The molecular formula is C23H34N6O2. The van der Waals surface area contributed by atoms with Gasteiger partial charge in [0.1, 0.15) is 17.9 Å². The number of hydrogen-bond acceptors (Lipinski definition) is 7. The Morgan fingerprint density at radius 3 is 2.65 bits per heavy atom. The van der Waals surface area contributed by atoms with Crippen molar-refractivity contribution >= 4 is 18.5 Å². The normalized spacial score (nSPS) is 22.1. The van der Waals surface area contributed by atoms with E-state index in [0.717, 1.165) is 36.7 Å². The van der Waals surface area contributed by atoms with Crippen LogP contribution in [0.1, 0.15) is 70.4 Å². The molecular weight excluding hydrogens is 392 g/mol. The number of ether oxygens (including phenoxy) is 1. The van der Waals surface area contributed by atoms with E-state index in [1.165, 1.54) is 25.7 Å². The maximum absolute atomic E-state index is 10.4. The monoisotopic (exact) mass is 426 g/mol. The van der Waals surface area contributed by atoms with Crippen molar-refractivity contribution in [2.24, 2.45) is 4.99 Å². The van der Waals surface area contributed by atoms with Crippen LogP contribution in [-0.2, 0) is 9.53 Å². The fraction of sp³-hybridized carbons (Fsp3) is 0.565. The number of anilines is 1. The van der Waals surface area contributed by atoms with Gasteiger partial charge >= 0.3 is 0 Å². The maximum atomic E-state index is 10.4. The van der Waals surface area contributed by atoms with Crippen LogP contribution >= 0.6 is 0 Å². The van der Waals surface area contributed by atoms with Gasteiger partial charge in [-0.2, -0.15) is 10.4 Å². The molecule has 0 saturated heterocycles. The number of rotatable bonds is 8. The van der Waals surface area contributed by atoms with Gasteiger partial charge in [-0.25, -0.2) is 4.99 Å². The average molecular weight is 427 g/mol. The number of aromatic nitrogens is 2. The summed E-state index contributed by atoms with van der Waals surface area (Å²) in [6.07, 6.45) is 13.4. The maximum Gasteiger partial charge on any atom is 0.293 e. The van der Waals surface area contributed by atoms with Crippen molar-refractivity contribution in [3.05, 3.63) is 35.3 Å². The minimum Gasteiger partial charge on any atom is -0.465 e. The lowest BCUT2D eigenvalue weighted by atomic mass is 10.0. The molecule has 1 heterocycles. The van der Waals surface area contributed by atoms with E-state index in [1.807, 2.05) is 25.1 Å².